The van der Waals surface area contributed by atoms with E-state index >= 15 is 0 Å². The van der Waals surface area contributed by atoms with Crippen molar-refractivity contribution in [2.45, 2.75) is 254 Å². The molecule has 2 bridgehead atoms. The number of esters is 3. The predicted molar refractivity (Wildman–Crippen MR) is 291 cm³/mol. The molecule has 7 rings (SSSR count). The summed E-state index contributed by atoms with van der Waals surface area (Å²) in [5, 5.41) is 13.1. The van der Waals surface area contributed by atoms with Crippen LogP contribution in [0, 0.1) is 23.7 Å². The molecular formula is C57H89IO16Si. The summed E-state index contributed by atoms with van der Waals surface area (Å²) in [5.41, 5.74) is 0.597. The zero-order valence-electron chi connectivity index (χ0n) is 47.5. The summed E-state index contributed by atoms with van der Waals surface area (Å²) in [6.07, 6.45) is 5.71. The maximum Gasteiger partial charge on any atom is 0.316 e. The summed E-state index contributed by atoms with van der Waals surface area (Å²) in [6.45, 7) is 30.1. The minimum Gasteiger partial charge on any atom is -0.462 e. The number of aliphatic hydroxyl groups is 1. The minimum absolute atomic E-state index is 0.0242. The number of rotatable bonds is 11. The second-order valence-electron chi connectivity index (χ2n) is 24.2. The monoisotopic (exact) mass is 1180 g/mol. The normalized spacial score (nSPS) is 44.2. The maximum atomic E-state index is 14.9. The van der Waals surface area contributed by atoms with Crippen molar-refractivity contribution in [3.8, 4) is 0 Å². The third kappa shape index (κ3) is 13.2. The van der Waals surface area contributed by atoms with Crippen LogP contribution in [0.4, 0.5) is 0 Å². The van der Waals surface area contributed by atoms with Crippen molar-refractivity contribution in [1.82, 2.24) is 0 Å². The van der Waals surface area contributed by atoms with Crippen LogP contribution in [0.1, 0.15) is 135 Å². The standard InChI is InChI=1S/C57H89IO16Si/c1-17-30(2)47-33(5)23-24-56(73-47)28-41-26-40(72-56)22-21-32(4)46(70-44-27-43(63-14)49(35(7)65-44)71-54-45(58)51(68-38(10)60)50(36(8)66-54)67-37(9)59)31(3)19-18-20-39-29-64-52-48(74-75(15,16)55(11,12)13)34(6)25-42(53(61)69-41)57(39,52)62/h18-21,25,30-31,33,35-36,40-52,54,62H,17,22-24,26-29H2,1-16H3/b19-18+,32-21+,39-20+/t30-,31-,33-,35-,36-,40+,41-,42-,43-,44-,45+,46-,47+,48+,49-,50-,51-,52+,54?,56+,57+/m0/s1. The maximum absolute atomic E-state index is 14.9. The quantitative estimate of drug-likeness (QED) is 0.0515. The Labute approximate surface area is 461 Å². The molecular weight excluding hydrogens is 1100 g/mol. The summed E-state index contributed by atoms with van der Waals surface area (Å²) >= 11 is 2.12. The summed E-state index contributed by atoms with van der Waals surface area (Å²) in [7, 11) is -0.769. The Balaban J connectivity index is 1.20. The van der Waals surface area contributed by atoms with E-state index < -0.39 is 121 Å². The first-order valence-corrected chi connectivity index (χ1v) is 31.7. The molecule has 5 saturated heterocycles. The van der Waals surface area contributed by atoms with Crippen LogP contribution in [0.2, 0.25) is 18.1 Å². The highest BCUT2D eigenvalue weighted by atomic mass is 127. The van der Waals surface area contributed by atoms with Gasteiger partial charge in [0.05, 0.1) is 49.3 Å². The summed E-state index contributed by atoms with van der Waals surface area (Å²) < 4.78 is 77.9. The Morgan fingerprint density at radius 2 is 1.61 bits per heavy atom. The zero-order valence-corrected chi connectivity index (χ0v) is 50.6. The molecule has 5 fully saturated rings. The number of ether oxygens (including phenoxy) is 11. The van der Waals surface area contributed by atoms with Gasteiger partial charge < -0.3 is 61.6 Å². The number of hydrogen-bond donors (Lipinski definition) is 1. The molecule has 16 nitrogen and oxygen atoms in total. The molecule has 6 aliphatic heterocycles. The third-order valence-electron chi connectivity index (χ3n) is 17.5. The van der Waals surface area contributed by atoms with E-state index in [2.05, 4.69) is 97.2 Å². The van der Waals surface area contributed by atoms with Crippen molar-refractivity contribution < 1.29 is 76.0 Å². The number of hydrogen-bond acceptors (Lipinski definition) is 16. The predicted octanol–water partition coefficient (Wildman–Crippen LogP) is 9.53. The highest BCUT2D eigenvalue weighted by Crippen LogP contribution is 2.50. The number of carbonyl (C=O) groups is 3. The number of methoxy groups -OCH3 is 1. The summed E-state index contributed by atoms with van der Waals surface area (Å²) in [5.74, 6) is -3.12. The van der Waals surface area contributed by atoms with Gasteiger partial charge in [-0.05, 0) is 87.2 Å². The lowest BCUT2D eigenvalue weighted by Crippen LogP contribution is -2.60. The van der Waals surface area contributed by atoms with Crippen molar-refractivity contribution in [1.29, 1.82) is 0 Å². The van der Waals surface area contributed by atoms with Gasteiger partial charge in [0.1, 0.15) is 33.8 Å². The molecule has 424 valence electrons. The van der Waals surface area contributed by atoms with Gasteiger partial charge in [0.2, 0.25) is 0 Å². The molecule has 0 aromatic heterocycles. The molecule has 75 heavy (non-hydrogen) atoms. The SMILES string of the molecule is CC[C@H](C)[C@H]1O[C@]2(CC[C@@H]1C)C[C@@H]1C[C@@H](C/C=C(\C)[C@@H](O[C@H]3C[C@H](OC)[C@@H](OC4O[C@@H](C)[C@H](OC(C)=O)[C@@H](OC(C)=O)[C@H]4I)[C@H](C)O3)[C@@H](C)/C=C/C=C3\CO[C@@H]4[C@H](O[Si](C)(C)C(C)(C)C)C(C)=C[C@@H](C(=O)O1)[C@]34O)O2. The Morgan fingerprint density at radius 3 is 2.27 bits per heavy atom. The molecule has 0 radical (unpaired) electrons. The average Bonchev–Trinajstić information content (AvgIpc) is 3.67. The fraction of sp³-hybridized carbons (Fsp3) is 0.807. The van der Waals surface area contributed by atoms with Crippen molar-refractivity contribution in [3.63, 3.8) is 0 Å². The Morgan fingerprint density at radius 1 is 0.933 bits per heavy atom. The van der Waals surface area contributed by atoms with Crippen LogP contribution >= 0.6 is 22.6 Å². The van der Waals surface area contributed by atoms with Gasteiger partial charge in [0.25, 0.3) is 0 Å². The minimum atomic E-state index is -2.39. The Kier molecular flexibility index (Phi) is 19.6. The van der Waals surface area contributed by atoms with Gasteiger partial charge in [-0.3, -0.25) is 14.4 Å². The lowest BCUT2D eigenvalue weighted by molar-refractivity contribution is -0.340. The topological polar surface area (TPSA) is 182 Å². The fourth-order valence-electron chi connectivity index (χ4n) is 12.0. The molecule has 0 saturated carbocycles. The van der Waals surface area contributed by atoms with Crippen molar-refractivity contribution in [2.75, 3.05) is 13.7 Å². The number of allylic oxidation sites excluding steroid dienone is 2. The van der Waals surface area contributed by atoms with Crippen molar-refractivity contribution >= 4 is 48.8 Å². The van der Waals surface area contributed by atoms with E-state index in [1.807, 2.05) is 38.2 Å². The van der Waals surface area contributed by atoms with Gasteiger partial charge in [-0.2, -0.15) is 0 Å². The van der Waals surface area contributed by atoms with Crippen LogP contribution in [0.25, 0.3) is 0 Å². The Hall–Kier alpha value is -2.08. The van der Waals surface area contributed by atoms with Gasteiger partial charge >= 0.3 is 17.9 Å². The highest BCUT2D eigenvalue weighted by molar-refractivity contribution is 14.1. The number of fused-ring (bicyclic) bond motifs is 2. The lowest BCUT2D eigenvalue weighted by Gasteiger charge is -2.51. The molecule has 1 unspecified atom stereocenters. The average molecular weight is 1190 g/mol. The summed E-state index contributed by atoms with van der Waals surface area (Å²) in [6, 6.07) is 0. The first-order valence-electron chi connectivity index (χ1n) is 27.6. The first kappa shape index (κ1) is 60.6. The molecule has 1 aliphatic carbocycles. The molecule has 21 atom stereocenters. The lowest BCUT2D eigenvalue weighted by atomic mass is 9.71. The van der Waals surface area contributed by atoms with Crippen LogP contribution < -0.4 is 0 Å². The van der Waals surface area contributed by atoms with Gasteiger partial charge in [-0.1, -0.05) is 108 Å². The molecule has 7 aliphatic rings. The van der Waals surface area contributed by atoms with Gasteiger partial charge in [-0.25, -0.2) is 0 Å². The molecule has 0 aromatic carbocycles. The van der Waals surface area contributed by atoms with Crippen LogP contribution in [0.5, 0.6) is 0 Å². The van der Waals surface area contributed by atoms with Crippen LogP contribution in [0.15, 0.2) is 47.1 Å². The van der Waals surface area contributed by atoms with E-state index in [1.165, 1.54) is 13.8 Å². The van der Waals surface area contributed by atoms with E-state index in [0.717, 1.165) is 24.0 Å². The van der Waals surface area contributed by atoms with Gasteiger partial charge in [-0.15, -0.1) is 0 Å². The van der Waals surface area contributed by atoms with E-state index in [9.17, 15) is 19.5 Å². The van der Waals surface area contributed by atoms with Crippen LogP contribution in [-0.4, -0.2) is 146 Å². The first-order chi connectivity index (χ1) is 35.1. The molecule has 1 spiro atoms. The Bertz CT molecular complexity index is 2150. The molecule has 0 amide bonds. The fourth-order valence-corrected chi connectivity index (χ4v) is 14.2. The highest BCUT2D eigenvalue weighted by Gasteiger charge is 2.62. The summed E-state index contributed by atoms with van der Waals surface area (Å²) in [4.78, 5) is 39.2. The van der Waals surface area contributed by atoms with Gasteiger partial charge in [0.15, 0.2) is 38.9 Å². The van der Waals surface area contributed by atoms with E-state index in [0.29, 0.717) is 49.5 Å². The third-order valence-corrected chi connectivity index (χ3v) is 23.2. The van der Waals surface area contributed by atoms with E-state index in [4.69, 9.17) is 56.5 Å². The molecule has 6 heterocycles. The number of halogens is 1. The van der Waals surface area contributed by atoms with Crippen molar-refractivity contribution in [2.24, 2.45) is 23.7 Å². The second-order valence-corrected chi connectivity index (χ2v) is 30.4. The van der Waals surface area contributed by atoms with Crippen LogP contribution in [0.3, 0.4) is 0 Å². The number of carbonyl (C=O) groups excluding carboxylic acids is 3. The second kappa shape index (κ2) is 24.3. The molecule has 18 heteroatoms. The van der Waals surface area contributed by atoms with Crippen LogP contribution in [-0.2, 0) is 70.9 Å². The zero-order chi connectivity index (χ0) is 55.1. The van der Waals surface area contributed by atoms with E-state index in [-0.39, 0.29) is 29.8 Å². The largest absolute Gasteiger partial charge is 0.462 e. The molecule has 1 N–H and O–H groups in total. The smallest absolute Gasteiger partial charge is 0.316 e. The van der Waals surface area contributed by atoms with E-state index in [1.54, 1.807) is 14.0 Å². The molecule has 0 aromatic rings. The van der Waals surface area contributed by atoms with Crippen molar-refractivity contribution in [3.05, 3.63) is 47.1 Å². The van der Waals surface area contributed by atoms with Gasteiger partial charge in [0, 0.05) is 52.6 Å². The number of alkyl halides is 1.